The maximum atomic E-state index is 5.81. The molecule has 0 amide bonds. The van der Waals surface area contributed by atoms with Crippen molar-refractivity contribution in [2.45, 2.75) is 31.8 Å². The van der Waals surface area contributed by atoms with Crippen molar-refractivity contribution in [3.8, 4) is 11.5 Å². The summed E-state index contributed by atoms with van der Waals surface area (Å²) in [7, 11) is 0. The Morgan fingerprint density at radius 3 is 2.95 bits per heavy atom. The summed E-state index contributed by atoms with van der Waals surface area (Å²) in [6.45, 7) is 2.76. The van der Waals surface area contributed by atoms with Gasteiger partial charge >= 0.3 is 0 Å². The zero-order valence-electron chi connectivity index (χ0n) is 10.9. The highest BCUT2D eigenvalue weighted by atomic mass is 16.5. The molecule has 1 atom stereocenters. The predicted octanol–water partition coefficient (Wildman–Crippen LogP) is 2.73. The Kier molecular flexibility index (Phi) is 2.98. The molecule has 1 fully saturated rings. The number of nitrogens with two attached hydrogens (primary N) is 1. The molecule has 1 aliphatic heterocycles. The molecule has 0 bridgehead atoms. The first-order chi connectivity index (χ1) is 9.17. The number of nitrogen functional groups attached to an aromatic ring is 1. The van der Waals surface area contributed by atoms with Gasteiger partial charge in [0.05, 0.1) is 0 Å². The molecule has 0 aliphatic carbocycles. The fourth-order valence-corrected chi connectivity index (χ4v) is 2.34. The highest BCUT2D eigenvalue weighted by molar-refractivity contribution is 5.59. The van der Waals surface area contributed by atoms with Crippen molar-refractivity contribution in [1.82, 2.24) is 10.1 Å². The molecule has 2 N–H and O–H groups in total. The minimum Gasteiger partial charge on any atom is -0.399 e. The molecule has 3 rings (SSSR count). The molecular formula is C14H17N3O2. The van der Waals surface area contributed by atoms with Crippen LogP contribution in [0.5, 0.6) is 0 Å². The molecule has 19 heavy (non-hydrogen) atoms. The van der Waals surface area contributed by atoms with Gasteiger partial charge in [0.25, 0.3) is 5.89 Å². The predicted molar refractivity (Wildman–Crippen MR) is 71.3 cm³/mol. The summed E-state index contributed by atoms with van der Waals surface area (Å²) in [6.07, 6.45) is 3.14. The largest absolute Gasteiger partial charge is 0.399 e. The van der Waals surface area contributed by atoms with E-state index in [-0.39, 0.29) is 0 Å². The van der Waals surface area contributed by atoms with Gasteiger partial charge in [-0.15, -0.1) is 0 Å². The maximum Gasteiger partial charge on any atom is 0.258 e. The number of hydrogen-bond acceptors (Lipinski definition) is 5. The van der Waals surface area contributed by atoms with Crippen molar-refractivity contribution in [3.63, 3.8) is 0 Å². The number of anilines is 1. The summed E-state index contributed by atoms with van der Waals surface area (Å²) in [5.41, 5.74) is 6.84. The fraction of sp³-hybridized carbons (Fsp3) is 0.429. The van der Waals surface area contributed by atoms with Crippen LogP contribution in [0.3, 0.4) is 0 Å². The van der Waals surface area contributed by atoms with E-state index < -0.39 is 5.60 Å². The van der Waals surface area contributed by atoms with Crippen LogP contribution in [0.25, 0.3) is 11.5 Å². The van der Waals surface area contributed by atoms with Gasteiger partial charge in [-0.1, -0.05) is 11.2 Å². The lowest BCUT2D eigenvalue weighted by molar-refractivity contribution is -0.0770. The van der Waals surface area contributed by atoms with E-state index in [1.165, 1.54) is 0 Å². The first-order valence-electron chi connectivity index (χ1n) is 6.51. The van der Waals surface area contributed by atoms with E-state index in [0.29, 0.717) is 17.4 Å². The Morgan fingerprint density at radius 1 is 1.32 bits per heavy atom. The summed E-state index contributed by atoms with van der Waals surface area (Å²) < 4.78 is 11.1. The Bertz CT molecular complexity index is 574. The monoisotopic (exact) mass is 259 g/mol. The molecule has 0 spiro atoms. The van der Waals surface area contributed by atoms with Gasteiger partial charge in [-0.2, -0.15) is 4.98 Å². The molecule has 1 saturated heterocycles. The molecule has 5 nitrogen and oxygen atoms in total. The Morgan fingerprint density at radius 2 is 2.21 bits per heavy atom. The number of aromatic nitrogens is 2. The second-order valence-electron chi connectivity index (χ2n) is 5.09. The van der Waals surface area contributed by atoms with E-state index >= 15 is 0 Å². The third kappa shape index (κ3) is 2.33. The second kappa shape index (κ2) is 4.66. The van der Waals surface area contributed by atoms with E-state index in [1.54, 1.807) is 0 Å². The van der Waals surface area contributed by atoms with Crippen LogP contribution < -0.4 is 5.73 Å². The van der Waals surface area contributed by atoms with Crippen LogP contribution in [0.1, 0.15) is 32.0 Å². The average Bonchev–Trinajstić information content (AvgIpc) is 2.90. The smallest absolute Gasteiger partial charge is 0.258 e. The van der Waals surface area contributed by atoms with Crippen molar-refractivity contribution in [2.75, 3.05) is 12.3 Å². The summed E-state index contributed by atoms with van der Waals surface area (Å²) >= 11 is 0. The van der Waals surface area contributed by atoms with Crippen LogP contribution in [0, 0.1) is 0 Å². The quantitative estimate of drug-likeness (QED) is 0.839. The minimum atomic E-state index is -0.430. The SMILES string of the molecule is CC1(c2noc(-c3cccc(N)c3)n2)CCCCO1. The van der Waals surface area contributed by atoms with Gasteiger partial charge in [-0.3, -0.25) is 0 Å². The highest BCUT2D eigenvalue weighted by Gasteiger charge is 2.35. The summed E-state index contributed by atoms with van der Waals surface area (Å²) in [6, 6.07) is 7.42. The Hall–Kier alpha value is -1.88. The van der Waals surface area contributed by atoms with Crippen molar-refractivity contribution in [1.29, 1.82) is 0 Å². The number of nitrogens with zero attached hydrogens (tertiary/aromatic N) is 2. The topological polar surface area (TPSA) is 74.2 Å². The van der Waals surface area contributed by atoms with Gasteiger partial charge in [-0.25, -0.2) is 0 Å². The van der Waals surface area contributed by atoms with E-state index in [4.69, 9.17) is 15.0 Å². The van der Waals surface area contributed by atoms with E-state index in [9.17, 15) is 0 Å². The van der Waals surface area contributed by atoms with Crippen LogP contribution in [0.4, 0.5) is 5.69 Å². The van der Waals surface area contributed by atoms with Crippen LogP contribution in [0.15, 0.2) is 28.8 Å². The molecule has 2 heterocycles. The van der Waals surface area contributed by atoms with Crippen molar-refractivity contribution in [3.05, 3.63) is 30.1 Å². The standard InChI is InChI=1S/C14H17N3O2/c1-14(7-2-3-8-18-14)13-16-12(19-17-13)10-5-4-6-11(15)9-10/h4-6,9H,2-3,7-8,15H2,1H3. The zero-order chi connectivity index (χ0) is 13.3. The van der Waals surface area contributed by atoms with Gasteiger partial charge in [-0.05, 0) is 44.4 Å². The van der Waals surface area contributed by atoms with E-state index in [1.807, 2.05) is 31.2 Å². The molecule has 1 unspecified atom stereocenters. The maximum absolute atomic E-state index is 5.81. The molecule has 1 aromatic carbocycles. The van der Waals surface area contributed by atoms with Gasteiger partial charge in [0.15, 0.2) is 0 Å². The van der Waals surface area contributed by atoms with Gasteiger partial charge in [0.1, 0.15) is 5.60 Å². The lowest BCUT2D eigenvalue weighted by Gasteiger charge is -2.30. The first kappa shape index (κ1) is 12.2. The highest BCUT2D eigenvalue weighted by Crippen LogP contribution is 2.33. The lowest BCUT2D eigenvalue weighted by Crippen LogP contribution is -2.31. The molecule has 5 heteroatoms. The molecule has 0 radical (unpaired) electrons. The van der Waals surface area contributed by atoms with E-state index in [2.05, 4.69) is 10.1 Å². The van der Waals surface area contributed by atoms with Crippen molar-refractivity contribution >= 4 is 5.69 Å². The van der Waals surface area contributed by atoms with Gasteiger partial charge in [0, 0.05) is 17.9 Å². The Labute approximate surface area is 111 Å². The normalized spacial score (nSPS) is 23.4. The fourth-order valence-electron chi connectivity index (χ4n) is 2.34. The van der Waals surface area contributed by atoms with Crippen LogP contribution in [-0.4, -0.2) is 16.7 Å². The molecule has 2 aromatic rings. The summed E-state index contributed by atoms with van der Waals surface area (Å²) in [5.74, 6) is 1.10. The summed E-state index contributed by atoms with van der Waals surface area (Å²) in [4.78, 5) is 4.46. The molecule has 0 saturated carbocycles. The lowest BCUT2D eigenvalue weighted by atomic mass is 9.95. The number of hydrogen-bond donors (Lipinski definition) is 1. The summed E-state index contributed by atoms with van der Waals surface area (Å²) in [5, 5.41) is 4.07. The first-order valence-corrected chi connectivity index (χ1v) is 6.51. The number of rotatable bonds is 2. The van der Waals surface area contributed by atoms with Gasteiger partial charge < -0.3 is 15.0 Å². The molecule has 1 aliphatic rings. The third-order valence-electron chi connectivity index (χ3n) is 3.50. The zero-order valence-corrected chi connectivity index (χ0v) is 10.9. The molecule has 1 aromatic heterocycles. The Balaban J connectivity index is 1.91. The molecule has 100 valence electrons. The van der Waals surface area contributed by atoms with E-state index in [0.717, 1.165) is 31.4 Å². The molecular weight excluding hydrogens is 242 g/mol. The number of benzene rings is 1. The second-order valence-corrected chi connectivity index (χ2v) is 5.09. The van der Waals surface area contributed by atoms with Crippen LogP contribution >= 0.6 is 0 Å². The van der Waals surface area contributed by atoms with Crippen molar-refractivity contribution in [2.24, 2.45) is 0 Å². The number of ether oxygens (including phenoxy) is 1. The third-order valence-corrected chi connectivity index (χ3v) is 3.50. The van der Waals surface area contributed by atoms with Crippen LogP contribution in [0.2, 0.25) is 0 Å². The van der Waals surface area contributed by atoms with Crippen LogP contribution in [-0.2, 0) is 10.3 Å². The van der Waals surface area contributed by atoms with Gasteiger partial charge in [0.2, 0.25) is 5.82 Å². The average molecular weight is 259 g/mol. The van der Waals surface area contributed by atoms with Crippen molar-refractivity contribution < 1.29 is 9.26 Å². The minimum absolute atomic E-state index is 0.430.